The summed E-state index contributed by atoms with van der Waals surface area (Å²) >= 11 is 5.05. The van der Waals surface area contributed by atoms with E-state index in [4.69, 9.17) is 27.4 Å². The molecule has 104 valence electrons. The van der Waals surface area contributed by atoms with E-state index in [0.717, 1.165) is 22.4 Å². The Balaban J connectivity index is 2.12. The van der Waals surface area contributed by atoms with E-state index in [1.165, 1.54) is 0 Å². The molecule has 0 saturated carbocycles. The monoisotopic (exact) mass is 287 g/mol. The van der Waals surface area contributed by atoms with Crippen molar-refractivity contribution in [3.8, 4) is 11.5 Å². The van der Waals surface area contributed by atoms with Gasteiger partial charge in [-0.25, -0.2) is 0 Å². The van der Waals surface area contributed by atoms with Crippen molar-refractivity contribution in [1.82, 2.24) is 0 Å². The summed E-state index contributed by atoms with van der Waals surface area (Å²) in [6.45, 7) is 2.46. The molecule has 2 aromatic carbocycles. The van der Waals surface area contributed by atoms with Gasteiger partial charge in [0.25, 0.3) is 0 Å². The van der Waals surface area contributed by atoms with Gasteiger partial charge in [-0.3, -0.25) is 0 Å². The highest BCUT2D eigenvalue weighted by Crippen LogP contribution is 2.21. The Morgan fingerprint density at radius 2 is 1.85 bits per heavy atom. The van der Waals surface area contributed by atoms with E-state index in [0.29, 0.717) is 17.3 Å². The van der Waals surface area contributed by atoms with Gasteiger partial charge in [0.15, 0.2) is 0 Å². The SMILES string of the molecule is COc1ccc(COc2ccc(C)cc2C(N)=S)cc1. The molecule has 2 N–H and O–H groups in total. The van der Waals surface area contributed by atoms with E-state index < -0.39 is 0 Å². The predicted molar refractivity (Wildman–Crippen MR) is 84.4 cm³/mol. The molecule has 0 aliphatic rings. The van der Waals surface area contributed by atoms with Crippen molar-refractivity contribution in [1.29, 1.82) is 0 Å². The fraction of sp³-hybridized carbons (Fsp3) is 0.188. The first kappa shape index (κ1) is 14.3. The minimum absolute atomic E-state index is 0.346. The molecule has 0 heterocycles. The van der Waals surface area contributed by atoms with E-state index in [-0.39, 0.29) is 0 Å². The first-order chi connectivity index (χ1) is 9.60. The number of rotatable bonds is 5. The zero-order valence-corrected chi connectivity index (χ0v) is 12.4. The second kappa shape index (κ2) is 6.39. The Bertz CT molecular complexity index is 608. The Labute approximate surface area is 124 Å². The fourth-order valence-corrected chi connectivity index (χ4v) is 2.00. The molecule has 3 nitrogen and oxygen atoms in total. The lowest BCUT2D eigenvalue weighted by atomic mass is 10.1. The molecule has 0 aliphatic carbocycles. The van der Waals surface area contributed by atoms with Crippen LogP contribution in [0.15, 0.2) is 42.5 Å². The molecule has 0 amide bonds. The number of thiocarbonyl (C=S) groups is 1. The van der Waals surface area contributed by atoms with Gasteiger partial charge < -0.3 is 15.2 Å². The number of aryl methyl sites for hydroxylation is 1. The van der Waals surface area contributed by atoms with Gasteiger partial charge in [-0.1, -0.05) is 36.0 Å². The number of nitrogens with two attached hydrogens (primary N) is 1. The third kappa shape index (κ3) is 3.48. The zero-order chi connectivity index (χ0) is 14.5. The van der Waals surface area contributed by atoms with Crippen LogP contribution in [0.1, 0.15) is 16.7 Å². The third-order valence-electron chi connectivity index (χ3n) is 2.95. The number of benzene rings is 2. The lowest BCUT2D eigenvalue weighted by Crippen LogP contribution is -2.12. The Hall–Kier alpha value is -2.07. The van der Waals surface area contributed by atoms with Gasteiger partial charge in [0.1, 0.15) is 23.1 Å². The first-order valence-electron chi connectivity index (χ1n) is 6.26. The molecule has 2 rings (SSSR count). The van der Waals surface area contributed by atoms with Crippen LogP contribution in [0.3, 0.4) is 0 Å². The van der Waals surface area contributed by atoms with Crippen LogP contribution in [0.25, 0.3) is 0 Å². The van der Waals surface area contributed by atoms with Crippen LogP contribution < -0.4 is 15.2 Å². The van der Waals surface area contributed by atoms with Gasteiger partial charge in [-0.05, 0) is 36.8 Å². The standard InChI is InChI=1S/C16H17NO2S/c1-11-3-8-15(14(9-11)16(17)20)19-10-12-4-6-13(18-2)7-5-12/h3-9H,10H2,1-2H3,(H2,17,20). The summed E-state index contributed by atoms with van der Waals surface area (Å²) in [5, 5.41) is 0. The number of ether oxygens (including phenoxy) is 2. The molecule has 0 spiro atoms. The largest absolute Gasteiger partial charge is 0.497 e. The van der Waals surface area contributed by atoms with E-state index >= 15 is 0 Å². The van der Waals surface area contributed by atoms with Crippen molar-refractivity contribution in [2.75, 3.05) is 7.11 Å². The van der Waals surface area contributed by atoms with Crippen LogP contribution in [0, 0.1) is 6.92 Å². The van der Waals surface area contributed by atoms with Crippen LogP contribution in [0.2, 0.25) is 0 Å². The van der Waals surface area contributed by atoms with Crippen molar-refractivity contribution < 1.29 is 9.47 Å². The van der Waals surface area contributed by atoms with Crippen molar-refractivity contribution in [2.45, 2.75) is 13.5 Å². The van der Waals surface area contributed by atoms with Gasteiger partial charge in [-0.15, -0.1) is 0 Å². The average molecular weight is 287 g/mol. The maximum Gasteiger partial charge on any atom is 0.130 e. The predicted octanol–water partition coefficient (Wildman–Crippen LogP) is 3.22. The molecule has 0 atom stereocenters. The van der Waals surface area contributed by atoms with Gasteiger partial charge in [-0.2, -0.15) is 0 Å². The van der Waals surface area contributed by atoms with Crippen molar-refractivity contribution in [3.05, 3.63) is 59.2 Å². The summed E-state index contributed by atoms with van der Waals surface area (Å²) in [4.78, 5) is 0.346. The number of methoxy groups -OCH3 is 1. The average Bonchev–Trinajstić information content (AvgIpc) is 2.46. The summed E-state index contributed by atoms with van der Waals surface area (Å²) in [7, 11) is 1.65. The Morgan fingerprint density at radius 1 is 1.15 bits per heavy atom. The summed E-state index contributed by atoms with van der Waals surface area (Å²) in [6.07, 6.45) is 0. The smallest absolute Gasteiger partial charge is 0.130 e. The van der Waals surface area contributed by atoms with E-state index in [9.17, 15) is 0 Å². The normalized spacial score (nSPS) is 10.1. The lowest BCUT2D eigenvalue weighted by Gasteiger charge is -2.11. The molecule has 0 fully saturated rings. The van der Waals surface area contributed by atoms with Gasteiger partial charge in [0.2, 0.25) is 0 Å². The second-order valence-corrected chi connectivity index (χ2v) is 4.94. The molecular formula is C16H17NO2S. The van der Waals surface area contributed by atoms with Crippen molar-refractivity contribution in [2.24, 2.45) is 5.73 Å². The van der Waals surface area contributed by atoms with Crippen LogP contribution in [0.5, 0.6) is 11.5 Å². The molecular weight excluding hydrogens is 270 g/mol. The van der Waals surface area contributed by atoms with E-state index in [1.807, 2.05) is 49.4 Å². The molecule has 20 heavy (non-hydrogen) atoms. The summed E-state index contributed by atoms with van der Waals surface area (Å²) in [5.74, 6) is 1.53. The van der Waals surface area contributed by atoms with Gasteiger partial charge >= 0.3 is 0 Å². The highest BCUT2D eigenvalue weighted by atomic mass is 32.1. The second-order valence-electron chi connectivity index (χ2n) is 4.50. The van der Waals surface area contributed by atoms with Crippen LogP contribution in [0.4, 0.5) is 0 Å². The summed E-state index contributed by atoms with van der Waals surface area (Å²) < 4.78 is 10.9. The topological polar surface area (TPSA) is 44.5 Å². The van der Waals surface area contributed by atoms with Crippen LogP contribution in [-0.4, -0.2) is 12.1 Å². The number of hydrogen-bond donors (Lipinski definition) is 1. The molecule has 2 aromatic rings. The van der Waals surface area contributed by atoms with Crippen LogP contribution in [-0.2, 0) is 6.61 Å². The molecule has 4 heteroatoms. The molecule has 0 bridgehead atoms. The molecule has 0 saturated heterocycles. The lowest BCUT2D eigenvalue weighted by molar-refractivity contribution is 0.305. The zero-order valence-electron chi connectivity index (χ0n) is 11.6. The third-order valence-corrected chi connectivity index (χ3v) is 3.17. The maximum atomic E-state index is 5.80. The molecule has 0 aliphatic heterocycles. The minimum atomic E-state index is 0.346. The van der Waals surface area contributed by atoms with E-state index in [1.54, 1.807) is 7.11 Å². The molecule has 0 unspecified atom stereocenters. The molecule has 0 radical (unpaired) electrons. The quantitative estimate of drug-likeness (QED) is 0.858. The Kier molecular flexibility index (Phi) is 4.58. The summed E-state index contributed by atoms with van der Waals surface area (Å²) in [6, 6.07) is 13.6. The molecule has 0 aromatic heterocycles. The van der Waals surface area contributed by atoms with Crippen molar-refractivity contribution in [3.63, 3.8) is 0 Å². The highest BCUT2D eigenvalue weighted by Gasteiger charge is 2.07. The summed E-state index contributed by atoms with van der Waals surface area (Å²) in [5.41, 5.74) is 8.65. The first-order valence-corrected chi connectivity index (χ1v) is 6.67. The van der Waals surface area contributed by atoms with E-state index in [2.05, 4.69) is 0 Å². The maximum absolute atomic E-state index is 5.80. The highest BCUT2D eigenvalue weighted by molar-refractivity contribution is 7.80. The van der Waals surface area contributed by atoms with Crippen LogP contribution >= 0.6 is 12.2 Å². The fourth-order valence-electron chi connectivity index (χ4n) is 1.85. The van der Waals surface area contributed by atoms with Crippen molar-refractivity contribution >= 4 is 17.2 Å². The van der Waals surface area contributed by atoms with Gasteiger partial charge in [0.05, 0.1) is 12.7 Å². The van der Waals surface area contributed by atoms with Gasteiger partial charge in [0, 0.05) is 0 Å². The minimum Gasteiger partial charge on any atom is -0.497 e. The number of hydrogen-bond acceptors (Lipinski definition) is 3. The Morgan fingerprint density at radius 3 is 2.45 bits per heavy atom.